The predicted molar refractivity (Wildman–Crippen MR) is 74.4 cm³/mol. The largest absolute Gasteiger partial charge is 0.463 e. The van der Waals surface area contributed by atoms with Gasteiger partial charge in [-0.1, -0.05) is 6.42 Å². The molecule has 0 aliphatic heterocycles. The van der Waals surface area contributed by atoms with E-state index in [4.69, 9.17) is 16.6 Å². The monoisotopic (exact) mass is 263 g/mol. The van der Waals surface area contributed by atoms with Crippen LogP contribution in [0.3, 0.4) is 0 Å². The molecule has 3 atom stereocenters. The van der Waals surface area contributed by atoms with Crippen molar-refractivity contribution < 1.29 is 4.42 Å². The minimum Gasteiger partial charge on any atom is -0.463 e. The number of nitrogens with one attached hydrogen (secondary N) is 2. The molecular weight excluding hydrogens is 246 g/mol. The maximum Gasteiger partial charge on any atom is 0.187 e. The number of hydrogen-bond donors (Lipinski definition) is 2. The van der Waals surface area contributed by atoms with Gasteiger partial charge in [0.1, 0.15) is 5.76 Å². The van der Waals surface area contributed by atoms with Gasteiger partial charge in [-0.15, -0.1) is 0 Å². The molecule has 1 heterocycles. The van der Waals surface area contributed by atoms with Crippen LogP contribution in [0.15, 0.2) is 27.9 Å². The molecule has 0 saturated heterocycles. The summed E-state index contributed by atoms with van der Waals surface area (Å²) in [6.45, 7) is 0. The molecule has 5 heteroatoms. The third-order valence-electron chi connectivity index (χ3n) is 3.96. The Hall–Kier alpha value is -1.36. The normalized spacial score (nSPS) is 29.9. The molecule has 1 aromatic rings. The molecular formula is C13H17N3OS. The summed E-state index contributed by atoms with van der Waals surface area (Å²) in [4.78, 5) is 0. The smallest absolute Gasteiger partial charge is 0.187 e. The van der Waals surface area contributed by atoms with E-state index in [0.717, 1.165) is 11.8 Å². The highest BCUT2D eigenvalue weighted by molar-refractivity contribution is 7.80. The fourth-order valence-corrected chi connectivity index (χ4v) is 3.35. The number of furan rings is 1. The van der Waals surface area contributed by atoms with E-state index >= 15 is 0 Å². The minimum absolute atomic E-state index is 0.544. The zero-order valence-corrected chi connectivity index (χ0v) is 11.0. The van der Waals surface area contributed by atoms with Gasteiger partial charge >= 0.3 is 0 Å². The van der Waals surface area contributed by atoms with E-state index in [2.05, 4.69) is 15.8 Å². The zero-order valence-electron chi connectivity index (χ0n) is 10.1. The van der Waals surface area contributed by atoms with Crippen molar-refractivity contribution in [2.75, 3.05) is 0 Å². The first-order chi connectivity index (χ1) is 8.81. The van der Waals surface area contributed by atoms with Crippen LogP contribution in [0.2, 0.25) is 0 Å². The second kappa shape index (κ2) is 5.10. The standard InChI is InChI=1S/C13H17N3OS/c18-13(16-14-8-11-2-1-5-17-11)15-12-7-9-3-4-10(12)6-9/h1-2,5,8-10,12H,3-4,6-7H2,(H2,15,16,18)/b14-8-/t9-,10-,12-/m1/s1. The topological polar surface area (TPSA) is 49.6 Å². The Kier molecular flexibility index (Phi) is 3.32. The highest BCUT2D eigenvalue weighted by atomic mass is 32.1. The van der Waals surface area contributed by atoms with Crippen molar-refractivity contribution in [2.45, 2.75) is 31.7 Å². The number of thiocarbonyl (C=S) groups is 1. The van der Waals surface area contributed by atoms with Gasteiger partial charge in [0.25, 0.3) is 0 Å². The average molecular weight is 263 g/mol. The summed E-state index contributed by atoms with van der Waals surface area (Å²) in [5.41, 5.74) is 2.84. The van der Waals surface area contributed by atoms with E-state index in [0.29, 0.717) is 16.9 Å². The molecule has 0 spiro atoms. The lowest BCUT2D eigenvalue weighted by molar-refractivity contribution is 0.389. The Balaban J connectivity index is 1.45. The van der Waals surface area contributed by atoms with Gasteiger partial charge in [0.15, 0.2) is 5.11 Å². The summed E-state index contributed by atoms with van der Waals surface area (Å²) < 4.78 is 5.14. The predicted octanol–water partition coefficient (Wildman–Crippen LogP) is 2.27. The fraction of sp³-hybridized carbons (Fsp3) is 0.538. The SMILES string of the molecule is S=C(N/N=C\c1ccco1)N[C@@H]1C[C@@H]2CC[C@@H]1C2. The summed E-state index contributed by atoms with van der Waals surface area (Å²) >= 11 is 5.23. The van der Waals surface area contributed by atoms with E-state index < -0.39 is 0 Å². The average Bonchev–Trinajstić information content (AvgIpc) is 3.04. The molecule has 2 N–H and O–H groups in total. The van der Waals surface area contributed by atoms with Crippen LogP contribution in [0.4, 0.5) is 0 Å². The Labute approximate surface area is 112 Å². The second-order valence-electron chi connectivity index (χ2n) is 5.14. The number of rotatable bonds is 3. The zero-order chi connectivity index (χ0) is 12.4. The fourth-order valence-electron chi connectivity index (χ4n) is 3.14. The summed E-state index contributed by atoms with van der Waals surface area (Å²) in [5, 5.41) is 8.02. The van der Waals surface area contributed by atoms with Gasteiger partial charge in [-0.05, 0) is 55.4 Å². The van der Waals surface area contributed by atoms with Gasteiger partial charge < -0.3 is 9.73 Å². The van der Waals surface area contributed by atoms with Crippen LogP contribution < -0.4 is 10.7 Å². The lowest BCUT2D eigenvalue weighted by atomic mass is 9.96. The van der Waals surface area contributed by atoms with E-state index in [-0.39, 0.29) is 0 Å². The van der Waals surface area contributed by atoms with Crippen molar-refractivity contribution in [2.24, 2.45) is 16.9 Å². The first-order valence-corrected chi connectivity index (χ1v) is 6.85. The van der Waals surface area contributed by atoms with Crippen molar-refractivity contribution in [3.05, 3.63) is 24.2 Å². The number of fused-ring (bicyclic) bond motifs is 2. The molecule has 0 unspecified atom stereocenters. The maximum absolute atomic E-state index is 5.23. The molecule has 3 rings (SSSR count). The molecule has 96 valence electrons. The highest BCUT2D eigenvalue weighted by Gasteiger charge is 2.39. The summed E-state index contributed by atoms with van der Waals surface area (Å²) in [5.74, 6) is 2.44. The second-order valence-corrected chi connectivity index (χ2v) is 5.55. The first-order valence-electron chi connectivity index (χ1n) is 6.44. The molecule has 1 aromatic heterocycles. The highest BCUT2D eigenvalue weighted by Crippen LogP contribution is 2.44. The van der Waals surface area contributed by atoms with Crippen LogP contribution in [-0.4, -0.2) is 17.4 Å². The third kappa shape index (κ3) is 2.56. The molecule has 2 saturated carbocycles. The van der Waals surface area contributed by atoms with E-state index in [1.807, 2.05) is 12.1 Å². The van der Waals surface area contributed by atoms with Gasteiger partial charge in [-0.25, -0.2) is 0 Å². The van der Waals surface area contributed by atoms with Crippen molar-refractivity contribution in [1.29, 1.82) is 0 Å². The van der Waals surface area contributed by atoms with Crippen LogP contribution >= 0.6 is 12.2 Å². The van der Waals surface area contributed by atoms with Crippen LogP contribution in [0.1, 0.15) is 31.4 Å². The summed E-state index contributed by atoms with van der Waals surface area (Å²) in [6, 6.07) is 4.22. The van der Waals surface area contributed by atoms with E-state index in [1.165, 1.54) is 25.7 Å². The Morgan fingerprint density at radius 1 is 1.44 bits per heavy atom. The number of hydrogen-bond acceptors (Lipinski definition) is 3. The minimum atomic E-state index is 0.544. The Bertz CT molecular complexity index is 443. The Morgan fingerprint density at radius 3 is 3.06 bits per heavy atom. The van der Waals surface area contributed by atoms with Crippen LogP contribution in [0.25, 0.3) is 0 Å². The van der Waals surface area contributed by atoms with Crippen molar-refractivity contribution in [3.8, 4) is 0 Å². The third-order valence-corrected chi connectivity index (χ3v) is 4.16. The van der Waals surface area contributed by atoms with Gasteiger partial charge in [0, 0.05) is 6.04 Å². The number of hydrazone groups is 1. The van der Waals surface area contributed by atoms with Gasteiger partial charge in [0.05, 0.1) is 12.5 Å². The van der Waals surface area contributed by atoms with Crippen molar-refractivity contribution >= 4 is 23.5 Å². The molecule has 2 bridgehead atoms. The number of nitrogens with zero attached hydrogens (tertiary/aromatic N) is 1. The van der Waals surface area contributed by atoms with Gasteiger partial charge in [-0.2, -0.15) is 5.10 Å². The Morgan fingerprint density at radius 2 is 2.39 bits per heavy atom. The van der Waals surface area contributed by atoms with E-state index in [9.17, 15) is 0 Å². The van der Waals surface area contributed by atoms with Crippen LogP contribution in [0.5, 0.6) is 0 Å². The molecule has 4 nitrogen and oxygen atoms in total. The van der Waals surface area contributed by atoms with Gasteiger partial charge in [-0.3, -0.25) is 5.43 Å². The molecule has 2 aliphatic rings. The molecule has 2 aliphatic carbocycles. The lowest BCUT2D eigenvalue weighted by Gasteiger charge is -2.23. The maximum atomic E-state index is 5.23. The first kappa shape index (κ1) is 11.7. The molecule has 0 aromatic carbocycles. The molecule has 2 fully saturated rings. The van der Waals surface area contributed by atoms with Crippen LogP contribution in [0, 0.1) is 11.8 Å². The quantitative estimate of drug-likeness (QED) is 0.499. The van der Waals surface area contributed by atoms with E-state index in [1.54, 1.807) is 12.5 Å². The summed E-state index contributed by atoms with van der Waals surface area (Å²) in [6.07, 6.45) is 8.62. The molecule has 18 heavy (non-hydrogen) atoms. The van der Waals surface area contributed by atoms with Gasteiger partial charge in [0.2, 0.25) is 0 Å². The molecule has 0 amide bonds. The summed E-state index contributed by atoms with van der Waals surface area (Å²) in [7, 11) is 0. The molecule has 0 radical (unpaired) electrons. The lowest BCUT2D eigenvalue weighted by Crippen LogP contribution is -2.42. The van der Waals surface area contributed by atoms with Crippen molar-refractivity contribution in [1.82, 2.24) is 10.7 Å². The van der Waals surface area contributed by atoms with Crippen molar-refractivity contribution in [3.63, 3.8) is 0 Å². The van der Waals surface area contributed by atoms with Crippen LogP contribution in [-0.2, 0) is 0 Å².